The van der Waals surface area contributed by atoms with Gasteiger partial charge in [-0.25, -0.2) is 5.48 Å². The van der Waals surface area contributed by atoms with Crippen LogP contribution in [0.4, 0.5) is 0 Å². The van der Waals surface area contributed by atoms with Gasteiger partial charge in [-0.05, 0) is 60.4 Å². The van der Waals surface area contributed by atoms with E-state index in [1.165, 1.54) is 11.1 Å². The largest absolute Gasteiger partial charge is 0.492 e. The van der Waals surface area contributed by atoms with Crippen molar-refractivity contribution in [1.29, 1.82) is 0 Å². The number of carbonyl (C=O) groups is 1. The average molecular weight is 361 g/mol. The standard InChI is InChI=1S/C19H21ClN2O3/c20-17-3-5-18(6-4-17)25-12-11-22-9-7-14-1-2-16(19(23)21-24)13-15(14)8-10-22/h1-6,13,24H,7-12H2,(H,21,23). The van der Waals surface area contributed by atoms with Gasteiger partial charge in [-0.15, -0.1) is 0 Å². The third-order valence-electron chi connectivity index (χ3n) is 4.45. The number of halogens is 1. The van der Waals surface area contributed by atoms with E-state index in [9.17, 15) is 4.79 Å². The Bertz CT molecular complexity index is 734. The van der Waals surface area contributed by atoms with Gasteiger partial charge in [-0.3, -0.25) is 14.9 Å². The molecule has 1 amide bonds. The summed E-state index contributed by atoms with van der Waals surface area (Å²) in [5.74, 6) is 0.349. The summed E-state index contributed by atoms with van der Waals surface area (Å²) < 4.78 is 5.77. The SMILES string of the molecule is O=C(NO)c1ccc2c(c1)CCN(CCOc1ccc(Cl)cc1)CC2. The van der Waals surface area contributed by atoms with E-state index < -0.39 is 5.91 Å². The second-order valence-corrected chi connectivity index (χ2v) is 6.50. The van der Waals surface area contributed by atoms with Crippen molar-refractivity contribution in [3.05, 3.63) is 64.2 Å². The Morgan fingerprint density at radius 2 is 1.84 bits per heavy atom. The lowest BCUT2D eigenvalue weighted by Crippen LogP contribution is -2.30. The number of hydroxylamine groups is 1. The first-order chi connectivity index (χ1) is 12.2. The van der Waals surface area contributed by atoms with E-state index in [-0.39, 0.29) is 0 Å². The van der Waals surface area contributed by atoms with Gasteiger partial charge in [0.15, 0.2) is 0 Å². The molecule has 0 saturated carbocycles. The summed E-state index contributed by atoms with van der Waals surface area (Å²) in [6.07, 6.45) is 1.82. The Kier molecular flexibility index (Phi) is 5.91. The Labute approximate surface area is 152 Å². The molecule has 2 aromatic rings. The molecule has 0 aliphatic carbocycles. The lowest BCUT2D eigenvalue weighted by atomic mass is 10.00. The maximum absolute atomic E-state index is 11.6. The zero-order valence-electron chi connectivity index (χ0n) is 13.9. The van der Waals surface area contributed by atoms with Gasteiger partial charge in [0.05, 0.1) is 0 Å². The molecule has 0 fully saturated rings. The molecule has 5 nitrogen and oxygen atoms in total. The molecule has 0 unspecified atom stereocenters. The highest BCUT2D eigenvalue weighted by molar-refractivity contribution is 6.30. The highest BCUT2D eigenvalue weighted by atomic mass is 35.5. The molecular formula is C19H21ClN2O3. The number of hydrogen-bond donors (Lipinski definition) is 2. The van der Waals surface area contributed by atoms with Crippen molar-refractivity contribution in [3.63, 3.8) is 0 Å². The quantitative estimate of drug-likeness (QED) is 0.635. The summed E-state index contributed by atoms with van der Waals surface area (Å²) >= 11 is 5.87. The van der Waals surface area contributed by atoms with Gasteiger partial charge < -0.3 is 4.74 Å². The number of nitrogens with one attached hydrogen (secondary N) is 1. The fourth-order valence-corrected chi connectivity index (χ4v) is 3.15. The predicted octanol–water partition coefficient (Wildman–Crippen LogP) is 2.94. The lowest BCUT2D eigenvalue weighted by Gasteiger charge is -2.19. The fourth-order valence-electron chi connectivity index (χ4n) is 3.02. The summed E-state index contributed by atoms with van der Waals surface area (Å²) in [5.41, 5.74) is 4.60. The number of ether oxygens (including phenoxy) is 1. The Balaban J connectivity index is 1.53. The number of amides is 1. The number of rotatable bonds is 5. The van der Waals surface area contributed by atoms with Gasteiger partial charge in [-0.2, -0.15) is 0 Å². The van der Waals surface area contributed by atoms with Crippen LogP contribution >= 0.6 is 11.6 Å². The van der Waals surface area contributed by atoms with Gasteiger partial charge >= 0.3 is 0 Å². The molecule has 2 aromatic carbocycles. The van der Waals surface area contributed by atoms with E-state index in [1.807, 2.05) is 36.4 Å². The van der Waals surface area contributed by atoms with Gasteiger partial charge in [-0.1, -0.05) is 17.7 Å². The molecule has 2 N–H and O–H groups in total. The van der Waals surface area contributed by atoms with Crippen LogP contribution in [0, 0.1) is 0 Å². The second-order valence-electron chi connectivity index (χ2n) is 6.07. The molecule has 6 heteroatoms. The minimum absolute atomic E-state index is 0.472. The topological polar surface area (TPSA) is 61.8 Å². The Morgan fingerprint density at radius 1 is 1.12 bits per heavy atom. The Hall–Kier alpha value is -2.08. The van der Waals surface area contributed by atoms with Crippen molar-refractivity contribution in [2.45, 2.75) is 12.8 Å². The minimum atomic E-state index is -0.472. The molecule has 1 aliphatic heterocycles. The van der Waals surface area contributed by atoms with Gasteiger partial charge in [0.1, 0.15) is 12.4 Å². The highest BCUT2D eigenvalue weighted by Crippen LogP contribution is 2.19. The lowest BCUT2D eigenvalue weighted by molar-refractivity contribution is 0.0706. The van der Waals surface area contributed by atoms with Crippen LogP contribution in [-0.4, -0.2) is 42.3 Å². The number of carbonyl (C=O) groups excluding carboxylic acids is 1. The van der Waals surface area contributed by atoms with E-state index in [4.69, 9.17) is 21.5 Å². The first-order valence-electron chi connectivity index (χ1n) is 8.32. The Morgan fingerprint density at radius 3 is 2.56 bits per heavy atom. The summed E-state index contributed by atoms with van der Waals surface area (Å²) in [5, 5.41) is 9.47. The van der Waals surface area contributed by atoms with Crippen LogP contribution in [0.1, 0.15) is 21.5 Å². The van der Waals surface area contributed by atoms with E-state index in [0.717, 1.165) is 38.2 Å². The zero-order chi connectivity index (χ0) is 17.6. The molecule has 0 bridgehead atoms. The third kappa shape index (κ3) is 4.72. The van der Waals surface area contributed by atoms with Crippen LogP contribution in [0.3, 0.4) is 0 Å². The molecule has 25 heavy (non-hydrogen) atoms. The minimum Gasteiger partial charge on any atom is -0.492 e. The van der Waals surface area contributed by atoms with Gasteiger partial charge in [0, 0.05) is 30.2 Å². The van der Waals surface area contributed by atoms with Crippen LogP contribution in [0.25, 0.3) is 0 Å². The molecule has 0 spiro atoms. The van der Waals surface area contributed by atoms with Crippen LogP contribution in [0.15, 0.2) is 42.5 Å². The molecule has 0 saturated heterocycles. The number of fused-ring (bicyclic) bond motifs is 1. The summed E-state index contributed by atoms with van der Waals surface area (Å²) in [6.45, 7) is 3.35. The van der Waals surface area contributed by atoms with Crippen molar-refractivity contribution in [3.8, 4) is 5.75 Å². The highest BCUT2D eigenvalue weighted by Gasteiger charge is 2.15. The van der Waals surface area contributed by atoms with Crippen molar-refractivity contribution >= 4 is 17.5 Å². The van der Waals surface area contributed by atoms with E-state index >= 15 is 0 Å². The van der Waals surface area contributed by atoms with Crippen LogP contribution in [-0.2, 0) is 12.8 Å². The maximum Gasteiger partial charge on any atom is 0.274 e. The molecule has 0 radical (unpaired) electrons. The number of hydrogen-bond acceptors (Lipinski definition) is 4. The smallest absolute Gasteiger partial charge is 0.274 e. The van der Waals surface area contributed by atoms with Crippen LogP contribution < -0.4 is 10.2 Å². The van der Waals surface area contributed by atoms with Crippen molar-refractivity contribution < 1.29 is 14.7 Å². The summed E-state index contributed by atoms with van der Waals surface area (Å²) in [7, 11) is 0. The fraction of sp³-hybridized carbons (Fsp3) is 0.316. The van der Waals surface area contributed by atoms with Gasteiger partial charge in [0.2, 0.25) is 0 Å². The summed E-state index contributed by atoms with van der Waals surface area (Å²) in [4.78, 5) is 13.9. The molecule has 3 rings (SSSR count). The zero-order valence-corrected chi connectivity index (χ0v) is 14.6. The molecule has 132 valence electrons. The van der Waals surface area contributed by atoms with Crippen molar-refractivity contribution in [2.75, 3.05) is 26.2 Å². The maximum atomic E-state index is 11.6. The third-order valence-corrected chi connectivity index (χ3v) is 4.71. The molecule has 0 atom stereocenters. The summed E-state index contributed by atoms with van der Waals surface area (Å²) in [6, 6.07) is 13.0. The first kappa shape index (κ1) is 17.7. The van der Waals surface area contributed by atoms with Crippen molar-refractivity contribution in [2.24, 2.45) is 0 Å². The number of nitrogens with zero attached hydrogens (tertiary/aromatic N) is 1. The van der Waals surface area contributed by atoms with Gasteiger partial charge in [0.25, 0.3) is 5.91 Å². The molecule has 0 aromatic heterocycles. The van der Waals surface area contributed by atoms with E-state index in [0.29, 0.717) is 17.2 Å². The van der Waals surface area contributed by atoms with Crippen LogP contribution in [0.5, 0.6) is 5.75 Å². The normalized spacial score (nSPS) is 14.5. The monoisotopic (exact) mass is 360 g/mol. The van der Waals surface area contributed by atoms with Crippen molar-refractivity contribution in [1.82, 2.24) is 10.4 Å². The molecule has 1 heterocycles. The molecule has 1 aliphatic rings. The van der Waals surface area contributed by atoms with E-state index in [1.54, 1.807) is 11.5 Å². The van der Waals surface area contributed by atoms with E-state index in [2.05, 4.69) is 4.90 Å². The predicted molar refractivity (Wildman–Crippen MR) is 96.5 cm³/mol. The van der Waals surface area contributed by atoms with Crippen LogP contribution in [0.2, 0.25) is 5.02 Å². The second kappa shape index (κ2) is 8.34. The molecular weight excluding hydrogens is 340 g/mol. The number of benzene rings is 2. The average Bonchev–Trinajstić information content (AvgIpc) is 2.84. The first-order valence-corrected chi connectivity index (χ1v) is 8.70.